The van der Waals surface area contributed by atoms with Gasteiger partial charge in [-0.2, -0.15) is 0 Å². The molecule has 82 heavy (non-hydrogen) atoms. The number of likely N-dealkylation sites (N-methyl/N-ethyl adjacent to an activating group) is 2. The summed E-state index contributed by atoms with van der Waals surface area (Å²) in [4.78, 5) is 116. The molecule has 18 nitrogen and oxygen atoms in total. The summed E-state index contributed by atoms with van der Waals surface area (Å²) in [6.45, 7) is 15.0. The van der Waals surface area contributed by atoms with Crippen molar-refractivity contribution in [3.05, 3.63) is 100 Å². The second-order valence-corrected chi connectivity index (χ2v) is 26.8. The highest BCUT2D eigenvalue weighted by Gasteiger charge is 2.57. The lowest BCUT2D eigenvalue weighted by Crippen LogP contribution is -2.62. The largest absolute Gasteiger partial charge is 0.351 e. The Kier molecular flexibility index (Phi) is 17.7. The molecule has 8 N–H and O–H groups in total. The quantitative estimate of drug-likeness (QED) is 0.0905. The van der Waals surface area contributed by atoms with Crippen molar-refractivity contribution >= 4 is 52.9 Å². The van der Waals surface area contributed by atoms with Crippen LogP contribution in [0.3, 0.4) is 0 Å². The van der Waals surface area contributed by atoms with Gasteiger partial charge in [-0.25, -0.2) is 0 Å². The molecule has 2 aliphatic heterocycles. The van der Waals surface area contributed by atoms with Crippen molar-refractivity contribution in [3.8, 4) is 0 Å². The minimum absolute atomic E-state index is 0.0989. The van der Waals surface area contributed by atoms with E-state index in [1.165, 1.54) is 11.1 Å². The molecule has 442 valence electrons. The van der Waals surface area contributed by atoms with Gasteiger partial charge in [-0.1, -0.05) is 96.1 Å². The fourth-order valence-corrected chi connectivity index (χ4v) is 13.6. The molecule has 3 aromatic carbocycles. The SMILES string of the molecule is CN[C@@H](C)C(=O)N[C@H](C(=O)N1Cc2cc(NC(=O)C3CC4(C3)CC(C(=O)N[C@H]3C[C@@H](C(=O)N[C@@H]5CCCc6ccccc65)N(C(=O)[C@@H](NC(=O)[C@H](C)NC)C(C)(C)C)C3)C4)ccc2C[C@H]1C(=O)N[C@@H]1CCCc2ccccc21)C(C)(C)C. The lowest BCUT2D eigenvalue weighted by molar-refractivity contribution is -0.147. The van der Waals surface area contributed by atoms with E-state index in [9.17, 15) is 38.4 Å². The zero-order chi connectivity index (χ0) is 59.0. The lowest BCUT2D eigenvalue weighted by atomic mass is 9.48. The molecule has 1 saturated heterocycles. The summed E-state index contributed by atoms with van der Waals surface area (Å²) >= 11 is 0. The molecule has 3 fully saturated rings. The second kappa shape index (κ2) is 24.3. The van der Waals surface area contributed by atoms with Gasteiger partial charge in [0.1, 0.15) is 24.2 Å². The summed E-state index contributed by atoms with van der Waals surface area (Å²) in [5, 5.41) is 24.7. The number of carbonyl (C=O) groups excluding carboxylic acids is 8. The topological polar surface area (TPSA) is 239 Å². The van der Waals surface area contributed by atoms with Gasteiger partial charge in [0, 0.05) is 43.1 Å². The van der Waals surface area contributed by atoms with E-state index in [4.69, 9.17) is 0 Å². The molecule has 18 heteroatoms. The Morgan fingerprint density at radius 1 is 0.561 bits per heavy atom. The molecule has 0 unspecified atom stereocenters. The van der Waals surface area contributed by atoms with Crippen LogP contribution in [0.15, 0.2) is 66.7 Å². The Bertz CT molecular complexity index is 2930. The molecule has 8 amide bonds. The van der Waals surface area contributed by atoms with Gasteiger partial charge >= 0.3 is 0 Å². The van der Waals surface area contributed by atoms with Crippen LogP contribution in [-0.2, 0) is 64.2 Å². The minimum Gasteiger partial charge on any atom is -0.351 e. The Hall–Kier alpha value is -6.66. The third kappa shape index (κ3) is 12.9. The van der Waals surface area contributed by atoms with Gasteiger partial charge < -0.3 is 52.3 Å². The molecular formula is C64H88N10O8. The number of fused-ring (bicyclic) bond motifs is 3. The van der Waals surface area contributed by atoms with Gasteiger partial charge in [0.25, 0.3) is 0 Å². The number of likely N-dealkylation sites (tertiary alicyclic amines) is 1. The molecule has 9 rings (SSSR count). The summed E-state index contributed by atoms with van der Waals surface area (Å²) in [6.07, 6.45) is 8.28. The van der Waals surface area contributed by atoms with Crippen LogP contribution < -0.4 is 42.5 Å². The molecule has 4 aliphatic carbocycles. The third-order valence-corrected chi connectivity index (χ3v) is 18.7. The summed E-state index contributed by atoms with van der Waals surface area (Å²) in [6, 6.07) is 16.3. The Labute approximate surface area is 484 Å². The fourth-order valence-electron chi connectivity index (χ4n) is 13.6. The number of hydrogen-bond donors (Lipinski definition) is 8. The summed E-state index contributed by atoms with van der Waals surface area (Å²) < 4.78 is 0. The van der Waals surface area contributed by atoms with E-state index in [1.54, 1.807) is 37.7 Å². The van der Waals surface area contributed by atoms with E-state index in [1.807, 2.05) is 90.1 Å². The van der Waals surface area contributed by atoms with E-state index in [-0.39, 0.29) is 103 Å². The molecule has 0 radical (unpaired) electrons. The smallest absolute Gasteiger partial charge is 0.246 e. The van der Waals surface area contributed by atoms with Crippen LogP contribution in [0.5, 0.6) is 0 Å². The van der Waals surface area contributed by atoms with Gasteiger partial charge in [-0.05, 0) is 160 Å². The number of benzene rings is 3. The van der Waals surface area contributed by atoms with Gasteiger partial charge in [-0.15, -0.1) is 0 Å². The van der Waals surface area contributed by atoms with Crippen molar-refractivity contribution in [3.63, 3.8) is 0 Å². The number of nitrogens with zero attached hydrogens (tertiary/aromatic N) is 2. The van der Waals surface area contributed by atoms with Crippen LogP contribution in [0.4, 0.5) is 5.69 Å². The predicted octanol–water partition coefficient (Wildman–Crippen LogP) is 5.44. The standard InChI is InChI=1S/C64H88N10O8/c1-36(65-9)54(75)71-52(62(3,4)5)60(81)73-34-41-27-44(26-25-40(41)28-50(73)58(79)69-48-23-15-19-38-17-11-13-21-46(38)48)67-56(77)42-30-64(31-42)32-43(33-64)57(78)68-45-29-51(59(80)70-49-24-16-20-39-18-12-14-22-47(39)49)74(35-45)61(82)53(63(6,7)8)72-55(76)37(2)66-10/h11-14,17-18,21-22,25-27,36-37,42-43,45,48-53,65-66H,15-16,19-20,23-24,28-35H2,1-10H3,(H,67,77)(H,68,78)(H,69,79)(H,70,80)(H,71,75)(H,72,76)/t36-,37-,42?,43?,45-,48+,49+,50-,51-,52+,53+,64?/m0/s1. The van der Waals surface area contributed by atoms with Crippen LogP contribution in [0.1, 0.15) is 159 Å². The Balaban J connectivity index is 0.835. The van der Waals surface area contributed by atoms with Crippen molar-refractivity contribution in [2.75, 3.05) is 26.0 Å². The monoisotopic (exact) mass is 1120 g/mol. The molecule has 2 saturated carbocycles. The molecule has 1 spiro atoms. The number of rotatable bonds is 16. The number of hydrogen-bond acceptors (Lipinski definition) is 10. The number of nitrogens with one attached hydrogen (secondary N) is 8. The fraction of sp³-hybridized carbons (Fsp3) is 0.594. The molecule has 9 atom stereocenters. The molecule has 0 aromatic heterocycles. The van der Waals surface area contributed by atoms with Crippen molar-refractivity contribution in [2.24, 2.45) is 28.1 Å². The number of anilines is 1. The normalized spacial score (nSPS) is 26.1. The molecule has 0 bridgehead atoms. The second-order valence-electron chi connectivity index (χ2n) is 26.8. The number of carbonyl (C=O) groups is 8. The van der Waals surface area contributed by atoms with Crippen molar-refractivity contribution < 1.29 is 38.4 Å². The highest BCUT2D eigenvalue weighted by Crippen LogP contribution is 2.61. The Morgan fingerprint density at radius 3 is 1.56 bits per heavy atom. The van der Waals surface area contributed by atoms with Gasteiger partial charge in [0.2, 0.25) is 47.3 Å². The van der Waals surface area contributed by atoms with E-state index in [0.717, 1.165) is 60.8 Å². The third-order valence-electron chi connectivity index (χ3n) is 18.7. The van der Waals surface area contributed by atoms with Gasteiger partial charge in [0.15, 0.2) is 0 Å². The Morgan fingerprint density at radius 2 is 1.05 bits per heavy atom. The van der Waals surface area contributed by atoms with Crippen LogP contribution >= 0.6 is 0 Å². The highest BCUT2D eigenvalue weighted by atomic mass is 16.2. The molecular weight excluding hydrogens is 1040 g/mol. The van der Waals surface area contributed by atoms with E-state index >= 15 is 0 Å². The van der Waals surface area contributed by atoms with Crippen LogP contribution in [0, 0.1) is 28.1 Å². The highest BCUT2D eigenvalue weighted by molar-refractivity contribution is 5.97. The average Bonchev–Trinajstić information content (AvgIpc) is 1.47. The molecule has 6 aliphatic rings. The van der Waals surface area contributed by atoms with Crippen LogP contribution in [-0.4, -0.2) is 120 Å². The first kappa shape index (κ1) is 59.9. The summed E-state index contributed by atoms with van der Waals surface area (Å²) in [5.41, 5.74) is 5.32. The lowest BCUT2D eigenvalue weighted by Gasteiger charge is -2.56. The summed E-state index contributed by atoms with van der Waals surface area (Å²) in [7, 11) is 3.36. The predicted molar refractivity (Wildman–Crippen MR) is 313 cm³/mol. The molecule has 3 aromatic rings. The average molecular weight is 1130 g/mol. The first-order chi connectivity index (χ1) is 38.9. The maximum atomic E-state index is 14.9. The van der Waals surface area contributed by atoms with E-state index < -0.39 is 53.1 Å². The van der Waals surface area contributed by atoms with E-state index in [2.05, 4.69) is 60.7 Å². The van der Waals surface area contributed by atoms with Crippen molar-refractivity contribution in [2.45, 2.75) is 193 Å². The maximum Gasteiger partial charge on any atom is 0.246 e. The number of amides is 8. The zero-order valence-electron chi connectivity index (χ0n) is 49.8. The summed E-state index contributed by atoms with van der Waals surface area (Å²) in [5.74, 6) is -2.73. The van der Waals surface area contributed by atoms with Gasteiger partial charge in [0.05, 0.1) is 24.2 Å². The number of aryl methyl sites for hydroxylation is 2. The van der Waals surface area contributed by atoms with Gasteiger partial charge in [-0.3, -0.25) is 38.4 Å². The van der Waals surface area contributed by atoms with Crippen LogP contribution in [0.2, 0.25) is 0 Å². The minimum atomic E-state index is -0.936. The zero-order valence-corrected chi connectivity index (χ0v) is 49.8. The first-order valence-corrected chi connectivity index (χ1v) is 29.9. The maximum absolute atomic E-state index is 14.9. The van der Waals surface area contributed by atoms with Crippen molar-refractivity contribution in [1.29, 1.82) is 0 Å². The van der Waals surface area contributed by atoms with Crippen LogP contribution in [0.25, 0.3) is 0 Å². The van der Waals surface area contributed by atoms with E-state index in [0.29, 0.717) is 31.4 Å². The first-order valence-electron chi connectivity index (χ1n) is 29.9. The molecule has 2 heterocycles. The van der Waals surface area contributed by atoms with Crippen molar-refractivity contribution in [1.82, 2.24) is 47.0 Å².